The van der Waals surface area contributed by atoms with Crippen molar-refractivity contribution in [1.82, 2.24) is 4.72 Å². The Hall–Kier alpha value is -0.430. The standard InChI is InChI=1S/C11H16BrNO3S/c1-9(10-5-3-4-6-11(10)12)13-17(14,15)8-7-16-2/h3-6,9,13H,7-8H2,1-2H3/t9-/m1/s1. The summed E-state index contributed by atoms with van der Waals surface area (Å²) in [5, 5.41) is 0. The van der Waals surface area contributed by atoms with Gasteiger partial charge in [0.15, 0.2) is 0 Å². The van der Waals surface area contributed by atoms with E-state index in [1.54, 1.807) is 0 Å². The van der Waals surface area contributed by atoms with E-state index < -0.39 is 10.0 Å². The molecule has 0 aromatic heterocycles. The van der Waals surface area contributed by atoms with Crippen LogP contribution in [0.15, 0.2) is 28.7 Å². The molecule has 0 radical (unpaired) electrons. The quantitative estimate of drug-likeness (QED) is 0.872. The first-order valence-electron chi connectivity index (χ1n) is 5.19. The number of sulfonamides is 1. The molecule has 0 aliphatic rings. The summed E-state index contributed by atoms with van der Waals surface area (Å²) in [6, 6.07) is 7.26. The Morgan fingerprint density at radius 2 is 2.06 bits per heavy atom. The third-order valence-corrected chi connectivity index (χ3v) is 4.42. The van der Waals surface area contributed by atoms with Crippen LogP contribution in [-0.4, -0.2) is 27.9 Å². The maximum Gasteiger partial charge on any atom is 0.214 e. The van der Waals surface area contributed by atoms with E-state index in [0.29, 0.717) is 0 Å². The van der Waals surface area contributed by atoms with Gasteiger partial charge in [0.1, 0.15) is 0 Å². The van der Waals surface area contributed by atoms with Crippen LogP contribution in [0.5, 0.6) is 0 Å². The van der Waals surface area contributed by atoms with Crippen molar-refractivity contribution in [2.45, 2.75) is 13.0 Å². The fourth-order valence-electron chi connectivity index (χ4n) is 1.41. The van der Waals surface area contributed by atoms with Gasteiger partial charge in [0.05, 0.1) is 12.4 Å². The van der Waals surface area contributed by atoms with Crippen molar-refractivity contribution in [3.63, 3.8) is 0 Å². The zero-order valence-corrected chi connectivity index (χ0v) is 12.2. The van der Waals surface area contributed by atoms with E-state index in [1.807, 2.05) is 31.2 Å². The van der Waals surface area contributed by atoms with Gasteiger partial charge in [-0.15, -0.1) is 0 Å². The molecule has 1 aromatic carbocycles. The Morgan fingerprint density at radius 1 is 1.41 bits per heavy atom. The van der Waals surface area contributed by atoms with Crippen LogP contribution in [0.4, 0.5) is 0 Å². The molecular weight excluding hydrogens is 306 g/mol. The number of benzene rings is 1. The molecule has 0 fully saturated rings. The van der Waals surface area contributed by atoms with Gasteiger partial charge in [-0.3, -0.25) is 0 Å². The van der Waals surface area contributed by atoms with Crippen LogP contribution in [0.25, 0.3) is 0 Å². The second-order valence-corrected chi connectivity index (χ2v) is 6.40. The summed E-state index contributed by atoms with van der Waals surface area (Å²) in [5.41, 5.74) is 0.911. The molecule has 1 atom stereocenters. The molecule has 0 heterocycles. The molecule has 0 aliphatic heterocycles. The van der Waals surface area contributed by atoms with E-state index in [0.717, 1.165) is 10.0 Å². The van der Waals surface area contributed by atoms with Gasteiger partial charge in [-0.2, -0.15) is 0 Å². The van der Waals surface area contributed by atoms with Crippen molar-refractivity contribution >= 4 is 26.0 Å². The molecule has 0 amide bonds. The second-order valence-electron chi connectivity index (χ2n) is 3.67. The molecule has 4 nitrogen and oxygen atoms in total. The van der Waals surface area contributed by atoms with Crippen LogP contribution in [-0.2, 0) is 14.8 Å². The predicted octanol–water partition coefficient (Wildman–Crippen LogP) is 2.08. The van der Waals surface area contributed by atoms with Gasteiger partial charge >= 0.3 is 0 Å². The van der Waals surface area contributed by atoms with Crippen molar-refractivity contribution in [2.24, 2.45) is 0 Å². The number of nitrogens with one attached hydrogen (secondary N) is 1. The van der Waals surface area contributed by atoms with Crippen molar-refractivity contribution in [3.8, 4) is 0 Å². The van der Waals surface area contributed by atoms with E-state index >= 15 is 0 Å². The zero-order valence-electron chi connectivity index (χ0n) is 9.81. The summed E-state index contributed by atoms with van der Waals surface area (Å²) in [6.45, 7) is 2.00. The number of ether oxygens (including phenoxy) is 1. The van der Waals surface area contributed by atoms with E-state index in [1.165, 1.54) is 7.11 Å². The van der Waals surface area contributed by atoms with Crippen molar-refractivity contribution < 1.29 is 13.2 Å². The van der Waals surface area contributed by atoms with Crippen LogP contribution in [0.1, 0.15) is 18.5 Å². The molecular formula is C11H16BrNO3S. The molecule has 96 valence electrons. The molecule has 0 saturated carbocycles. The summed E-state index contributed by atoms with van der Waals surface area (Å²) in [7, 11) is -1.82. The third kappa shape index (κ3) is 4.75. The lowest BCUT2D eigenvalue weighted by molar-refractivity contribution is 0.216. The molecule has 1 aromatic rings. The van der Waals surface area contributed by atoms with Gasteiger partial charge in [0.2, 0.25) is 10.0 Å². The number of hydrogen-bond donors (Lipinski definition) is 1. The second kappa shape index (κ2) is 6.49. The fraction of sp³-hybridized carbons (Fsp3) is 0.455. The van der Waals surface area contributed by atoms with Crippen molar-refractivity contribution in [3.05, 3.63) is 34.3 Å². The Kier molecular flexibility index (Phi) is 5.58. The number of methoxy groups -OCH3 is 1. The van der Waals surface area contributed by atoms with E-state index in [4.69, 9.17) is 4.74 Å². The first kappa shape index (κ1) is 14.6. The zero-order chi connectivity index (χ0) is 12.9. The lowest BCUT2D eigenvalue weighted by atomic mass is 10.1. The normalized spacial score (nSPS) is 13.6. The summed E-state index contributed by atoms with van der Waals surface area (Å²) >= 11 is 3.40. The molecule has 0 saturated heterocycles. The SMILES string of the molecule is COCCS(=O)(=O)N[C@H](C)c1ccccc1Br. The van der Waals surface area contributed by atoms with E-state index in [9.17, 15) is 8.42 Å². The van der Waals surface area contributed by atoms with Gasteiger partial charge in [0.25, 0.3) is 0 Å². The molecule has 1 N–H and O–H groups in total. The lowest BCUT2D eigenvalue weighted by Crippen LogP contribution is -2.30. The molecule has 17 heavy (non-hydrogen) atoms. The van der Waals surface area contributed by atoms with Crippen LogP contribution < -0.4 is 4.72 Å². The van der Waals surface area contributed by atoms with Crippen LogP contribution in [0, 0.1) is 0 Å². The minimum absolute atomic E-state index is 0.0295. The van der Waals surface area contributed by atoms with Crippen LogP contribution >= 0.6 is 15.9 Å². The lowest BCUT2D eigenvalue weighted by Gasteiger charge is -2.15. The molecule has 0 bridgehead atoms. The van der Waals surface area contributed by atoms with Gasteiger partial charge in [-0.1, -0.05) is 34.1 Å². The van der Waals surface area contributed by atoms with Gasteiger partial charge in [-0.25, -0.2) is 13.1 Å². The van der Waals surface area contributed by atoms with Crippen LogP contribution in [0.3, 0.4) is 0 Å². The monoisotopic (exact) mass is 321 g/mol. The van der Waals surface area contributed by atoms with Gasteiger partial charge in [0, 0.05) is 17.6 Å². The average Bonchev–Trinajstić information content (AvgIpc) is 2.26. The smallest absolute Gasteiger partial charge is 0.214 e. The first-order valence-corrected chi connectivity index (χ1v) is 7.64. The fourth-order valence-corrected chi connectivity index (χ4v) is 3.21. The highest BCUT2D eigenvalue weighted by Crippen LogP contribution is 2.23. The highest BCUT2D eigenvalue weighted by atomic mass is 79.9. The Balaban J connectivity index is 2.73. The molecule has 0 aliphatic carbocycles. The summed E-state index contributed by atoms with van der Waals surface area (Å²) < 4.78 is 31.6. The first-order chi connectivity index (χ1) is 7.96. The van der Waals surface area contributed by atoms with Crippen molar-refractivity contribution in [1.29, 1.82) is 0 Å². The highest BCUT2D eigenvalue weighted by molar-refractivity contribution is 9.10. The maximum absolute atomic E-state index is 11.7. The summed E-state index contributed by atoms with van der Waals surface area (Å²) in [4.78, 5) is 0. The van der Waals surface area contributed by atoms with E-state index in [-0.39, 0.29) is 18.4 Å². The number of halogens is 1. The maximum atomic E-state index is 11.7. The molecule has 0 unspecified atom stereocenters. The van der Waals surface area contributed by atoms with Crippen molar-refractivity contribution in [2.75, 3.05) is 19.5 Å². The van der Waals surface area contributed by atoms with E-state index in [2.05, 4.69) is 20.7 Å². The minimum atomic E-state index is -3.30. The number of rotatable bonds is 6. The molecule has 6 heteroatoms. The number of hydrogen-bond acceptors (Lipinski definition) is 3. The topological polar surface area (TPSA) is 55.4 Å². The Labute approximate surface area is 111 Å². The van der Waals surface area contributed by atoms with Gasteiger partial charge in [-0.05, 0) is 18.6 Å². The molecule has 1 rings (SSSR count). The average molecular weight is 322 g/mol. The van der Waals surface area contributed by atoms with Gasteiger partial charge < -0.3 is 4.74 Å². The Bertz CT molecular complexity index is 462. The Morgan fingerprint density at radius 3 is 2.65 bits per heavy atom. The summed E-state index contributed by atoms with van der Waals surface area (Å²) in [6.07, 6.45) is 0. The minimum Gasteiger partial charge on any atom is -0.384 e. The highest BCUT2D eigenvalue weighted by Gasteiger charge is 2.16. The largest absolute Gasteiger partial charge is 0.384 e. The van der Waals surface area contributed by atoms with Crippen LogP contribution in [0.2, 0.25) is 0 Å². The predicted molar refractivity (Wildman–Crippen MR) is 71.4 cm³/mol. The molecule has 0 spiro atoms. The third-order valence-electron chi connectivity index (χ3n) is 2.28. The summed E-state index contributed by atoms with van der Waals surface area (Å²) in [5.74, 6) is -0.0295.